The van der Waals surface area contributed by atoms with Gasteiger partial charge in [0.25, 0.3) is 0 Å². The molecule has 146 valence electrons. The van der Waals surface area contributed by atoms with Crippen molar-refractivity contribution in [3.05, 3.63) is 65.2 Å². The number of carbonyl (C=O) groups is 1. The highest BCUT2D eigenvalue weighted by Gasteiger charge is 2.24. The van der Waals surface area contributed by atoms with Gasteiger partial charge in [-0.1, -0.05) is 18.2 Å². The SMILES string of the molecule is C[C@@H](NC(=O)Cn1cnc2cccc(C#N)c21)c1ccc(C(C)(C)C#N)c(F)c1. The molecule has 1 heterocycles. The molecule has 0 unspecified atom stereocenters. The quantitative estimate of drug-likeness (QED) is 0.719. The minimum atomic E-state index is -0.934. The molecule has 0 saturated carbocycles. The number of para-hydroxylation sites is 1. The Kier molecular flexibility index (Phi) is 5.34. The topological polar surface area (TPSA) is 94.5 Å². The molecule has 1 aromatic heterocycles. The molecule has 3 rings (SSSR count). The molecule has 29 heavy (non-hydrogen) atoms. The van der Waals surface area contributed by atoms with Crippen molar-refractivity contribution in [2.45, 2.75) is 38.8 Å². The van der Waals surface area contributed by atoms with Gasteiger partial charge in [-0.25, -0.2) is 9.37 Å². The number of nitrogens with zero attached hydrogens (tertiary/aromatic N) is 4. The number of hydrogen-bond acceptors (Lipinski definition) is 4. The first-order valence-electron chi connectivity index (χ1n) is 9.11. The van der Waals surface area contributed by atoms with Crippen molar-refractivity contribution in [3.63, 3.8) is 0 Å². The Morgan fingerprint density at radius 1 is 1.31 bits per heavy atom. The van der Waals surface area contributed by atoms with Crippen LogP contribution in [0.5, 0.6) is 0 Å². The number of benzene rings is 2. The van der Waals surface area contributed by atoms with Crippen LogP contribution in [0.15, 0.2) is 42.7 Å². The van der Waals surface area contributed by atoms with Crippen LogP contribution in [0.2, 0.25) is 0 Å². The van der Waals surface area contributed by atoms with E-state index in [-0.39, 0.29) is 12.5 Å². The maximum absolute atomic E-state index is 14.5. The largest absolute Gasteiger partial charge is 0.348 e. The van der Waals surface area contributed by atoms with Gasteiger partial charge in [-0.05, 0) is 44.5 Å². The van der Waals surface area contributed by atoms with E-state index in [4.69, 9.17) is 0 Å². The fourth-order valence-electron chi connectivity index (χ4n) is 3.23. The van der Waals surface area contributed by atoms with Crippen LogP contribution in [0.4, 0.5) is 4.39 Å². The molecule has 0 bridgehead atoms. The van der Waals surface area contributed by atoms with Gasteiger partial charge in [0.15, 0.2) is 0 Å². The third-order valence-electron chi connectivity index (χ3n) is 4.90. The zero-order chi connectivity index (χ0) is 21.2. The minimum absolute atomic E-state index is 0.0123. The predicted octanol–water partition coefficient (Wildman–Crippen LogP) is 3.73. The van der Waals surface area contributed by atoms with Crippen molar-refractivity contribution >= 4 is 16.9 Å². The molecule has 2 aromatic carbocycles. The van der Waals surface area contributed by atoms with E-state index in [1.807, 2.05) is 0 Å². The van der Waals surface area contributed by atoms with E-state index < -0.39 is 17.3 Å². The number of aromatic nitrogens is 2. The molecular formula is C22H20FN5O. The Morgan fingerprint density at radius 3 is 2.72 bits per heavy atom. The van der Waals surface area contributed by atoms with Gasteiger partial charge in [-0.15, -0.1) is 0 Å². The molecule has 0 aliphatic rings. The van der Waals surface area contributed by atoms with E-state index in [0.29, 0.717) is 27.7 Å². The first-order chi connectivity index (χ1) is 13.8. The number of nitrogens with one attached hydrogen (secondary N) is 1. The van der Waals surface area contributed by atoms with E-state index in [1.165, 1.54) is 12.4 Å². The minimum Gasteiger partial charge on any atom is -0.348 e. The molecule has 3 aromatic rings. The Bertz CT molecular complexity index is 1170. The summed E-state index contributed by atoms with van der Waals surface area (Å²) in [6.45, 7) is 5.05. The number of hydrogen-bond donors (Lipinski definition) is 1. The number of halogens is 1. The van der Waals surface area contributed by atoms with Gasteiger partial charge < -0.3 is 9.88 Å². The lowest BCUT2D eigenvalue weighted by Crippen LogP contribution is -2.30. The van der Waals surface area contributed by atoms with Gasteiger partial charge in [0.05, 0.1) is 40.5 Å². The second kappa shape index (κ2) is 7.73. The molecule has 0 spiro atoms. The van der Waals surface area contributed by atoms with Crippen LogP contribution in [-0.4, -0.2) is 15.5 Å². The number of amides is 1. The predicted molar refractivity (Wildman–Crippen MR) is 106 cm³/mol. The summed E-state index contributed by atoms with van der Waals surface area (Å²) in [5.74, 6) is -0.763. The van der Waals surface area contributed by atoms with E-state index in [2.05, 4.69) is 22.4 Å². The molecule has 0 aliphatic heterocycles. The van der Waals surface area contributed by atoms with Crippen molar-refractivity contribution in [2.24, 2.45) is 0 Å². The molecular weight excluding hydrogens is 369 g/mol. The first-order valence-corrected chi connectivity index (χ1v) is 9.11. The van der Waals surface area contributed by atoms with Crippen molar-refractivity contribution in [1.29, 1.82) is 10.5 Å². The van der Waals surface area contributed by atoms with Crippen LogP contribution in [0, 0.1) is 28.5 Å². The molecule has 1 atom stereocenters. The molecule has 1 N–H and O–H groups in total. The molecule has 7 heteroatoms. The number of nitriles is 2. The Morgan fingerprint density at radius 2 is 2.07 bits per heavy atom. The normalized spacial score (nSPS) is 12.2. The highest BCUT2D eigenvalue weighted by Crippen LogP contribution is 2.27. The smallest absolute Gasteiger partial charge is 0.240 e. The maximum Gasteiger partial charge on any atom is 0.240 e. The van der Waals surface area contributed by atoms with Crippen LogP contribution in [0.1, 0.15) is 43.5 Å². The molecule has 0 aliphatic carbocycles. The summed E-state index contributed by atoms with van der Waals surface area (Å²) in [7, 11) is 0. The standard InChI is InChI=1S/C22H20FN5O/c1-14(15-7-8-17(18(23)9-15)22(2,3)12-25)27-20(29)11-28-13-26-19-6-4-5-16(10-24)21(19)28/h4-9,13-14H,11H2,1-3H3,(H,27,29)/t14-/m1/s1. The van der Waals surface area contributed by atoms with Gasteiger partial charge in [0.2, 0.25) is 5.91 Å². The number of imidazole rings is 1. The highest BCUT2D eigenvalue weighted by molar-refractivity contribution is 5.84. The van der Waals surface area contributed by atoms with Crippen LogP contribution in [-0.2, 0) is 16.8 Å². The highest BCUT2D eigenvalue weighted by atomic mass is 19.1. The maximum atomic E-state index is 14.5. The summed E-state index contributed by atoms with van der Waals surface area (Å²) in [4.78, 5) is 16.7. The Labute approximate surface area is 168 Å². The van der Waals surface area contributed by atoms with Gasteiger partial charge >= 0.3 is 0 Å². The molecule has 1 amide bonds. The average molecular weight is 389 g/mol. The van der Waals surface area contributed by atoms with Gasteiger partial charge in [0, 0.05) is 5.56 Å². The third-order valence-corrected chi connectivity index (χ3v) is 4.90. The Balaban J connectivity index is 1.76. The molecule has 6 nitrogen and oxygen atoms in total. The number of rotatable bonds is 5. The summed E-state index contributed by atoms with van der Waals surface area (Å²) in [6.07, 6.45) is 1.52. The second-order valence-corrected chi connectivity index (χ2v) is 7.42. The van der Waals surface area contributed by atoms with Crippen LogP contribution >= 0.6 is 0 Å². The van der Waals surface area contributed by atoms with Crippen LogP contribution in [0.3, 0.4) is 0 Å². The summed E-state index contributed by atoms with van der Waals surface area (Å²) in [5, 5.41) is 21.3. The third kappa shape index (κ3) is 3.95. The second-order valence-electron chi connectivity index (χ2n) is 7.42. The van der Waals surface area contributed by atoms with Crippen LogP contribution in [0.25, 0.3) is 11.0 Å². The van der Waals surface area contributed by atoms with Crippen molar-refractivity contribution in [1.82, 2.24) is 14.9 Å². The summed E-state index contributed by atoms with van der Waals surface area (Å²) >= 11 is 0. The van der Waals surface area contributed by atoms with Gasteiger partial charge in [-0.2, -0.15) is 10.5 Å². The fraction of sp³-hybridized carbons (Fsp3) is 0.273. The van der Waals surface area contributed by atoms with E-state index in [0.717, 1.165) is 0 Å². The first kappa shape index (κ1) is 20.0. The number of fused-ring (bicyclic) bond motifs is 1. The monoisotopic (exact) mass is 389 g/mol. The van der Waals surface area contributed by atoms with Gasteiger partial charge in [0.1, 0.15) is 18.4 Å². The van der Waals surface area contributed by atoms with Gasteiger partial charge in [-0.3, -0.25) is 4.79 Å². The average Bonchev–Trinajstić information content (AvgIpc) is 3.10. The summed E-state index contributed by atoms with van der Waals surface area (Å²) in [6, 6.07) is 13.6. The lowest BCUT2D eigenvalue weighted by atomic mass is 9.85. The van der Waals surface area contributed by atoms with E-state index in [9.17, 15) is 19.7 Å². The zero-order valence-corrected chi connectivity index (χ0v) is 16.4. The summed E-state index contributed by atoms with van der Waals surface area (Å²) in [5.41, 5.74) is 1.67. The van der Waals surface area contributed by atoms with Crippen molar-refractivity contribution in [2.75, 3.05) is 0 Å². The number of carbonyl (C=O) groups excluding carboxylic acids is 1. The molecule has 0 saturated heterocycles. The molecule has 0 fully saturated rings. The van der Waals surface area contributed by atoms with Crippen molar-refractivity contribution < 1.29 is 9.18 Å². The lowest BCUT2D eigenvalue weighted by Gasteiger charge is -2.20. The lowest BCUT2D eigenvalue weighted by molar-refractivity contribution is -0.122. The van der Waals surface area contributed by atoms with Crippen LogP contribution < -0.4 is 5.32 Å². The fourth-order valence-corrected chi connectivity index (χ4v) is 3.23. The van der Waals surface area contributed by atoms with E-state index in [1.54, 1.807) is 55.7 Å². The Hall–Kier alpha value is -3.71. The molecule has 0 radical (unpaired) electrons. The van der Waals surface area contributed by atoms with Crippen molar-refractivity contribution in [3.8, 4) is 12.1 Å². The van der Waals surface area contributed by atoms with E-state index >= 15 is 0 Å². The zero-order valence-electron chi connectivity index (χ0n) is 16.4. The summed E-state index contributed by atoms with van der Waals surface area (Å²) < 4.78 is 16.1.